The van der Waals surface area contributed by atoms with Gasteiger partial charge in [0.2, 0.25) is 0 Å². The van der Waals surface area contributed by atoms with E-state index in [4.69, 9.17) is 10.4 Å². The number of hydrogen-bond acceptors (Lipinski definition) is 3. The number of thiocyanates is 1. The lowest BCUT2D eigenvalue weighted by atomic mass is 10.3. The Labute approximate surface area is 87.9 Å². The fraction of sp³-hybridized carbons (Fsp3) is 0. The molecule has 1 aromatic rings. The Hall–Kier alpha value is -2.00. The number of nitrogens with zero attached hydrogens (tertiary/aromatic N) is 1. The van der Waals surface area contributed by atoms with Crippen LogP contribution in [-0.2, 0) is 12.6 Å². The Morgan fingerprint density at radius 1 is 1.36 bits per heavy atom. The van der Waals surface area contributed by atoms with Gasteiger partial charge in [0.25, 0.3) is 0 Å². The van der Waals surface area contributed by atoms with Gasteiger partial charge in [0, 0.05) is 0 Å². The Balaban J connectivity index is 0. The van der Waals surface area contributed by atoms with Crippen LogP contribution in [0.3, 0.4) is 0 Å². The normalized spacial score (nSPS) is 6.50. The van der Waals surface area contributed by atoms with Gasteiger partial charge in [-0.3, -0.25) is 16.9 Å². The lowest BCUT2D eigenvalue weighted by Crippen LogP contribution is -2.51. The van der Waals surface area contributed by atoms with Crippen molar-refractivity contribution in [3.63, 3.8) is 0 Å². The molecule has 7 N–H and O–H groups in total. The SMILES string of the molecule is N#C[S-].NC(N)=[NH2+].Oc1ccccc1. The van der Waals surface area contributed by atoms with Gasteiger partial charge in [0.1, 0.15) is 5.75 Å². The highest BCUT2D eigenvalue weighted by molar-refractivity contribution is 7.64. The summed E-state index contributed by atoms with van der Waals surface area (Å²) in [6, 6.07) is 8.71. The second kappa shape index (κ2) is 11.0. The minimum atomic E-state index is -0.0833. The van der Waals surface area contributed by atoms with Crippen molar-refractivity contribution in [1.29, 1.82) is 5.26 Å². The summed E-state index contributed by atoms with van der Waals surface area (Å²) in [7, 11) is 0. The van der Waals surface area contributed by atoms with Crippen LogP contribution >= 0.6 is 0 Å². The summed E-state index contributed by atoms with van der Waals surface area (Å²) in [6.45, 7) is 0. The molecule has 0 saturated carbocycles. The topological polar surface area (TPSA) is 122 Å². The molecule has 0 atom stereocenters. The number of aromatic hydroxyl groups is 1. The van der Waals surface area contributed by atoms with E-state index in [0.29, 0.717) is 5.75 Å². The second-order valence-electron chi connectivity index (χ2n) is 1.93. The number of rotatable bonds is 0. The van der Waals surface area contributed by atoms with Crippen LogP contribution in [0.15, 0.2) is 30.3 Å². The Bertz CT molecular complexity index is 279. The van der Waals surface area contributed by atoms with Gasteiger partial charge in [-0.1, -0.05) is 23.6 Å². The molecule has 0 heterocycles. The summed E-state index contributed by atoms with van der Waals surface area (Å²) in [6.07, 6.45) is 0. The van der Waals surface area contributed by atoms with Crippen LogP contribution in [0.25, 0.3) is 0 Å². The van der Waals surface area contributed by atoms with Gasteiger partial charge in [0.05, 0.1) is 0 Å². The molecule has 6 heteroatoms. The number of phenolic OH excluding ortho intramolecular Hbond substituents is 1. The third-order valence-corrected chi connectivity index (χ3v) is 0.756. The lowest BCUT2D eigenvalue weighted by molar-refractivity contribution is -0.116. The number of para-hydroxylation sites is 1. The maximum atomic E-state index is 8.63. The fourth-order valence-corrected chi connectivity index (χ4v) is 0.428. The Morgan fingerprint density at radius 2 is 1.64 bits per heavy atom. The molecule has 0 saturated heterocycles. The van der Waals surface area contributed by atoms with Crippen LogP contribution in [0, 0.1) is 10.7 Å². The van der Waals surface area contributed by atoms with E-state index in [0.717, 1.165) is 0 Å². The molecule has 0 radical (unpaired) electrons. The maximum Gasteiger partial charge on any atom is 0.336 e. The first-order valence-electron chi connectivity index (χ1n) is 3.43. The molecule has 0 aromatic heterocycles. The number of hydrogen-bond donors (Lipinski definition) is 4. The van der Waals surface area contributed by atoms with Crippen LogP contribution in [0.2, 0.25) is 0 Å². The molecule has 0 aliphatic heterocycles. The number of benzene rings is 1. The standard InChI is InChI=1S/C6H6O.CH5N3.CHNS/c7-6-4-2-1-3-5-6;2-1(3)4;2-1-3/h1-5,7H;(H5,2,3,4);3H. The van der Waals surface area contributed by atoms with Crippen molar-refractivity contribution >= 4 is 18.6 Å². The molecule has 0 bridgehead atoms. The van der Waals surface area contributed by atoms with E-state index < -0.39 is 0 Å². The van der Waals surface area contributed by atoms with Crippen molar-refractivity contribution in [3.8, 4) is 11.2 Å². The molecule has 0 unspecified atom stereocenters. The predicted molar refractivity (Wildman–Crippen MR) is 56.4 cm³/mol. The molecule has 0 amide bonds. The first-order valence-corrected chi connectivity index (χ1v) is 3.84. The van der Waals surface area contributed by atoms with Gasteiger partial charge in [0.15, 0.2) is 0 Å². The summed E-state index contributed by atoms with van der Waals surface area (Å²) in [4.78, 5) is 0. The molecular weight excluding hydrogens is 200 g/mol. The average Bonchev–Trinajstić information content (AvgIpc) is 2.05. The molecular formula is C8H12N4OS. The van der Waals surface area contributed by atoms with E-state index in [1.807, 2.05) is 6.07 Å². The highest BCUT2D eigenvalue weighted by Gasteiger charge is 1.74. The maximum absolute atomic E-state index is 8.63. The molecule has 1 rings (SSSR count). The van der Waals surface area contributed by atoms with Gasteiger partial charge in [-0.2, -0.15) is 0 Å². The number of nitrogens with two attached hydrogens (primary N) is 3. The molecule has 0 aliphatic rings. The van der Waals surface area contributed by atoms with Crippen LogP contribution in [0.4, 0.5) is 0 Å². The molecule has 0 spiro atoms. The average molecular weight is 212 g/mol. The fourth-order valence-electron chi connectivity index (χ4n) is 0.428. The van der Waals surface area contributed by atoms with Crippen molar-refractivity contribution in [3.05, 3.63) is 30.3 Å². The highest BCUT2D eigenvalue weighted by atomic mass is 32.1. The van der Waals surface area contributed by atoms with Gasteiger partial charge in [-0.25, -0.2) is 5.26 Å². The van der Waals surface area contributed by atoms with Crippen LogP contribution in [-0.4, -0.2) is 11.1 Å². The zero-order chi connectivity index (χ0) is 11.4. The zero-order valence-corrected chi connectivity index (χ0v) is 8.24. The minimum absolute atomic E-state index is 0.0833. The first kappa shape index (κ1) is 14.5. The number of guanidine groups is 1. The van der Waals surface area contributed by atoms with E-state index in [-0.39, 0.29) is 5.96 Å². The number of phenols is 1. The predicted octanol–water partition coefficient (Wildman–Crippen LogP) is -1.57. The quantitative estimate of drug-likeness (QED) is 0.179. The molecule has 5 nitrogen and oxygen atoms in total. The van der Waals surface area contributed by atoms with Crippen LogP contribution < -0.4 is 16.9 Å². The van der Waals surface area contributed by atoms with Crippen LogP contribution in [0.5, 0.6) is 5.75 Å². The van der Waals surface area contributed by atoms with E-state index >= 15 is 0 Å². The van der Waals surface area contributed by atoms with E-state index in [2.05, 4.69) is 29.5 Å². The second-order valence-corrected chi connectivity index (χ2v) is 2.11. The van der Waals surface area contributed by atoms with E-state index in [9.17, 15) is 0 Å². The molecule has 1 aromatic carbocycles. The van der Waals surface area contributed by atoms with Gasteiger partial charge in [-0.05, 0) is 12.1 Å². The molecule has 14 heavy (non-hydrogen) atoms. The van der Waals surface area contributed by atoms with Crippen LogP contribution in [0.1, 0.15) is 0 Å². The smallest absolute Gasteiger partial charge is 0.336 e. The lowest BCUT2D eigenvalue weighted by Gasteiger charge is -1.82. The zero-order valence-electron chi connectivity index (χ0n) is 7.42. The monoisotopic (exact) mass is 212 g/mol. The largest absolute Gasteiger partial charge is 0.696 e. The number of nitriles is 1. The third-order valence-electron chi connectivity index (χ3n) is 0.756. The summed E-state index contributed by atoms with van der Waals surface area (Å²) >= 11 is 3.70. The minimum Gasteiger partial charge on any atom is -0.696 e. The van der Waals surface area contributed by atoms with E-state index in [1.165, 1.54) is 5.40 Å². The summed E-state index contributed by atoms with van der Waals surface area (Å²) in [5, 5.41) is 21.7. The summed E-state index contributed by atoms with van der Waals surface area (Å²) in [5.41, 5.74) is 9.17. The Kier molecular flexibility index (Phi) is 11.4. The Morgan fingerprint density at radius 3 is 1.79 bits per heavy atom. The molecule has 0 aliphatic carbocycles. The van der Waals surface area contributed by atoms with Crippen molar-refractivity contribution < 1.29 is 10.5 Å². The van der Waals surface area contributed by atoms with Gasteiger partial charge in [-0.15, -0.1) is 0 Å². The molecule has 76 valence electrons. The highest BCUT2D eigenvalue weighted by Crippen LogP contribution is 2.02. The van der Waals surface area contributed by atoms with Crippen molar-refractivity contribution in [2.45, 2.75) is 0 Å². The summed E-state index contributed by atoms with van der Waals surface area (Å²) < 4.78 is 0. The first-order chi connectivity index (χ1) is 6.54. The molecule has 0 fully saturated rings. The summed E-state index contributed by atoms with van der Waals surface area (Å²) in [5.74, 6) is 0.238. The van der Waals surface area contributed by atoms with Gasteiger partial charge < -0.3 is 17.7 Å². The third kappa shape index (κ3) is 22.5. The van der Waals surface area contributed by atoms with Gasteiger partial charge >= 0.3 is 5.96 Å². The van der Waals surface area contributed by atoms with E-state index in [1.54, 1.807) is 24.3 Å². The van der Waals surface area contributed by atoms with Crippen molar-refractivity contribution in [2.24, 2.45) is 11.5 Å². The van der Waals surface area contributed by atoms with Crippen molar-refractivity contribution in [2.75, 3.05) is 0 Å². The van der Waals surface area contributed by atoms with Crippen molar-refractivity contribution in [1.82, 2.24) is 0 Å².